The van der Waals surface area contributed by atoms with E-state index in [-0.39, 0.29) is 12.6 Å². The topological polar surface area (TPSA) is 87.5 Å². The predicted octanol–water partition coefficient (Wildman–Crippen LogP) is 6.31. The second kappa shape index (κ2) is 12.9. The Bertz CT molecular complexity index is 1300. The molecular weight excluding hydrogens is 500 g/mol. The number of esters is 1. The van der Waals surface area contributed by atoms with Crippen LogP contribution in [-0.4, -0.2) is 39.7 Å². The molecule has 0 radical (unpaired) electrons. The fourth-order valence-electron chi connectivity index (χ4n) is 4.33. The molecule has 1 unspecified atom stereocenters. The number of thioether (sulfide) groups is 1. The summed E-state index contributed by atoms with van der Waals surface area (Å²) >= 11 is 1.61. The van der Waals surface area contributed by atoms with Gasteiger partial charge >= 0.3 is 5.97 Å². The number of aryl methyl sites for hydroxylation is 1. The Hall–Kier alpha value is -3.46. The van der Waals surface area contributed by atoms with Crippen LogP contribution < -0.4 is 14.8 Å². The first-order valence-electron chi connectivity index (χ1n) is 13.1. The molecular formula is C29H36N4O4S. The monoisotopic (exact) mass is 536 g/mol. The van der Waals surface area contributed by atoms with Crippen LogP contribution in [0.1, 0.15) is 63.3 Å². The fourth-order valence-corrected chi connectivity index (χ4v) is 5.24. The first-order chi connectivity index (χ1) is 18.4. The van der Waals surface area contributed by atoms with Crippen molar-refractivity contribution < 1.29 is 19.0 Å². The van der Waals surface area contributed by atoms with E-state index < -0.39 is 6.04 Å². The number of benzene rings is 2. The quantitative estimate of drug-likeness (QED) is 0.164. The maximum absolute atomic E-state index is 13.1. The lowest BCUT2D eigenvalue weighted by molar-refractivity contribution is -0.139. The minimum atomic E-state index is -0.525. The number of unbranched alkanes of at least 4 members (excludes halogenated alkanes) is 1. The van der Waals surface area contributed by atoms with E-state index in [1.165, 1.54) is 5.56 Å². The van der Waals surface area contributed by atoms with Gasteiger partial charge in [-0.3, -0.25) is 0 Å². The largest absolute Gasteiger partial charge is 0.490 e. The van der Waals surface area contributed by atoms with Crippen molar-refractivity contribution in [3.05, 3.63) is 70.4 Å². The summed E-state index contributed by atoms with van der Waals surface area (Å²) in [6.45, 7) is 11.0. The number of nitrogens with zero attached hydrogens (tertiary/aromatic N) is 3. The Balaban J connectivity index is 1.71. The molecule has 0 bridgehead atoms. The van der Waals surface area contributed by atoms with Crippen LogP contribution in [0.2, 0.25) is 0 Å². The van der Waals surface area contributed by atoms with Crippen molar-refractivity contribution in [2.24, 2.45) is 0 Å². The van der Waals surface area contributed by atoms with Crippen LogP contribution in [0.25, 0.3) is 0 Å². The van der Waals surface area contributed by atoms with Crippen molar-refractivity contribution in [1.82, 2.24) is 14.8 Å². The van der Waals surface area contributed by atoms with Gasteiger partial charge < -0.3 is 19.5 Å². The third-order valence-corrected chi connectivity index (χ3v) is 7.04. The van der Waals surface area contributed by atoms with Crippen LogP contribution in [-0.2, 0) is 16.1 Å². The number of nitrogens with one attached hydrogen (secondary N) is 1. The number of anilines is 1. The summed E-state index contributed by atoms with van der Waals surface area (Å²) in [4.78, 5) is 17.8. The van der Waals surface area contributed by atoms with Crippen LogP contribution in [0.4, 0.5) is 5.95 Å². The number of hydrogen-bond acceptors (Lipinski definition) is 8. The molecule has 0 spiro atoms. The first kappa shape index (κ1) is 27.6. The van der Waals surface area contributed by atoms with E-state index in [4.69, 9.17) is 24.3 Å². The lowest BCUT2D eigenvalue weighted by atomic mass is 9.95. The van der Waals surface area contributed by atoms with Crippen molar-refractivity contribution in [3.63, 3.8) is 0 Å². The zero-order valence-corrected chi connectivity index (χ0v) is 23.6. The molecule has 1 N–H and O–H groups in total. The Morgan fingerprint density at radius 2 is 1.89 bits per heavy atom. The zero-order chi connectivity index (χ0) is 27.1. The van der Waals surface area contributed by atoms with Gasteiger partial charge in [0, 0.05) is 11.4 Å². The van der Waals surface area contributed by atoms with Crippen molar-refractivity contribution in [1.29, 1.82) is 0 Å². The van der Waals surface area contributed by atoms with Gasteiger partial charge in [-0.05, 0) is 57.4 Å². The van der Waals surface area contributed by atoms with Crippen molar-refractivity contribution in [2.45, 2.75) is 65.3 Å². The normalized spacial score (nSPS) is 14.6. The summed E-state index contributed by atoms with van der Waals surface area (Å²) in [6, 6.07) is 13.5. The summed E-state index contributed by atoms with van der Waals surface area (Å²) in [5.41, 5.74) is 4.28. The highest BCUT2D eigenvalue weighted by Gasteiger charge is 2.35. The number of fused-ring (bicyclic) bond motifs is 1. The van der Waals surface area contributed by atoms with E-state index in [0.29, 0.717) is 47.1 Å². The molecule has 4 rings (SSSR count). The SMILES string of the molecule is CCCCSc1nc2n(n1)C(c1ccc(OCc3cccc(C)c3)c(OCC)c1)C(C(=O)OCC)=C(C)N2. The lowest BCUT2D eigenvalue weighted by Gasteiger charge is -2.28. The van der Waals surface area contributed by atoms with E-state index in [2.05, 4.69) is 31.3 Å². The smallest absolute Gasteiger partial charge is 0.338 e. The predicted molar refractivity (Wildman–Crippen MR) is 150 cm³/mol. The van der Waals surface area contributed by atoms with Gasteiger partial charge in [0.15, 0.2) is 11.5 Å². The zero-order valence-electron chi connectivity index (χ0n) is 22.7. The van der Waals surface area contributed by atoms with Gasteiger partial charge in [-0.25, -0.2) is 9.48 Å². The van der Waals surface area contributed by atoms with E-state index in [9.17, 15) is 4.79 Å². The molecule has 8 nitrogen and oxygen atoms in total. The molecule has 2 aromatic carbocycles. The summed E-state index contributed by atoms with van der Waals surface area (Å²) in [7, 11) is 0. The van der Waals surface area contributed by atoms with Crippen LogP contribution >= 0.6 is 11.8 Å². The summed E-state index contributed by atoms with van der Waals surface area (Å²) in [5.74, 6) is 2.39. The maximum atomic E-state index is 13.1. The van der Waals surface area contributed by atoms with Gasteiger partial charge in [-0.15, -0.1) is 5.10 Å². The van der Waals surface area contributed by atoms with Crippen molar-refractivity contribution in [2.75, 3.05) is 24.3 Å². The Morgan fingerprint density at radius 3 is 2.63 bits per heavy atom. The minimum absolute atomic E-state index is 0.278. The number of rotatable bonds is 12. The summed E-state index contributed by atoms with van der Waals surface area (Å²) in [5, 5.41) is 8.71. The Kier molecular flexibility index (Phi) is 9.33. The summed E-state index contributed by atoms with van der Waals surface area (Å²) < 4.78 is 19.4. The van der Waals surface area contributed by atoms with Crippen molar-refractivity contribution >= 4 is 23.7 Å². The van der Waals surface area contributed by atoms with Gasteiger partial charge in [0.25, 0.3) is 0 Å². The standard InChI is InChI=1S/C29H36N4O4S/c1-6-9-15-38-29-31-28-30-20(5)25(27(34)36-8-3)26(33(28)32-29)22-13-14-23(24(17-22)35-7-2)37-18-21-12-10-11-19(4)16-21/h10-14,16-17,26H,6-9,15,18H2,1-5H3,(H,30,31,32). The van der Waals surface area contributed by atoms with Crippen LogP contribution in [0.3, 0.4) is 0 Å². The van der Waals surface area contributed by atoms with Gasteiger partial charge in [0.1, 0.15) is 12.6 Å². The highest BCUT2D eigenvalue weighted by Crippen LogP contribution is 2.40. The van der Waals surface area contributed by atoms with Crippen LogP contribution in [0.5, 0.6) is 11.5 Å². The molecule has 1 aliphatic rings. The summed E-state index contributed by atoms with van der Waals surface area (Å²) in [6.07, 6.45) is 2.19. The minimum Gasteiger partial charge on any atom is -0.490 e. The maximum Gasteiger partial charge on any atom is 0.338 e. The lowest BCUT2D eigenvalue weighted by Crippen LogP contribution is -2.29. The second-order valence-electron chi connectivity index (χ2n) is 9.07. The number of aromatic nitrogens is 3. The van der Waals surface area contributed by atoms with Crippen LogP contribution in [0, 0.1) is 6.92 Å². The number of carbonyl (C=O) groups excluding carboxylic acids is 1. The number of hydrogen-bond donors (Lipinski definition) is 1. The molecule has 1 aromatic heterocycles. The molecule has 2 heterocycles. The molecule has 0 saturated heterocycles. The molecule has 3 aromatic rings. The molecule has 1 aliphatic heterocycles. The first-order valence-corrected chi connectivity index (χ1v) is 14.1. The van der Waals surface area contributed by atoms with Gasteiger partial charge in [-0.1, -0.05) is 61.0 Å². The average molecular weight is 537 g/mol. The molecule has 0 fully saturated rings. The Labute approximate surface area is 228 Å². The average Bonchev–Trinajstić information content (AvgIpc) is 3.29. The van der Waals surface area contributed by atoms with Crippen molar-refractivity contribution in [3.8, 4) is 11.5 Å². The third kappa shape index (κ3) is 6.32. The molecule has 0 saturated carbocycles. The molecule has 9 heteroatoms. The van der Waals surface area contributed by atoms with E-state index in [0.717, 1.165) is 29.7 Å². The number of allylic oxidation sites excluding steroid dienone is 1. The van der Waals surface area contributed by atoms with Crippen LogP contribution in [0.15, 0.2) is 58.9 Å². The number of carbonyl (C=O) groups is 1. The molecule has 38 heavy (non-hydrogen) atoms. The van der Waals surface area contributed by atoms with Gasteiger partial charge in [0.05, 0.1) is 18.8 Å². The second-order valence-corrected chi connectivity index (χ2v) is 10.1. The molecule has 0 amide bonds. The highest BCUT2D eigenvalue weighted by atomic mass is 32.2. The van der Waals surface area contributed by atoms with E-state index in [1.807, 2.05) is 44.2 Å². The Morgan fingerprint density at radius 1 is 1.05 bits per heavy atom. The van der Waals surface area contributed by atoms with Gasteiger partial charge in [0.2, 0.25) is 11.1 Å². The van der Waals surface area contributed by atoms with E-state index in [1.54, 1.807) is 23.4 Å². The fraction of sp³-hybridized carbons (Fsp3) is 0.414. The van der Waals surface area contributed by atoms with Gasteiger partial charge in [-0.2, -0.15) is 4.98 Å². The molecule has 1 atom stereocenters. The molecule has 202 valence electrons. The molecule has 0 aliphatic carbocycles. The highest BCUT2D eigenvalue weighted by molar-refractivity contribution is 7.99. The van der Waals surface area contributed by atoms with E-state index >= 15 is 0 Å². The third-order valence-electron chi connectivity index (χ3n) is 6.12. The number of ether oxygens (including phenoxy) is 3.